The number of alkyl halides is 6. The highest BCUT2D eigenvalue weighted by Gasteiger charge is 2.61. The third-order valence-electron chi connectivity index (χ3n) is 7.76. The summed E-state index contributed by atoms with van der Waals surface area (Å²) < 4.78 is 90.5. The summed E-state index contributed by atoms with van der Waals surface area (Å²) in [4.78, 5) is 23.4. The lowest BCUT2D eigenvalue weighted by atomic mass is 9.78. The Morgan fingerprint density at radius 1 is 0.735 bits per heavy atom. The molecule has 256 valence electrons. The van der Waals surface area contributed by atoms with Crippen LogP contribution in [0.25, 0.3) is 0 Å². The molecule has 0 bridgehead atoms. The maximum Gasteiger partial charge on any atom is 0.416 e. The summed E-state index contributed by atoms with van der Waals surface area (Å²) in [5, 5.41) is 41.0. The molecule has 0 spiro atoms. The van der Waals surface area contributed by atoms with Crippen molar-refractivity contribution in [1.82, 2.24) is 0 Å². The average molecular weight is 764 g/mol. The summed E-state index contributed by atoms with van der Waals surface area (Å²) in [6.45, 7) is 0. The molecule has 0 saturated carbocycles. The lowest BCUT2D eigenvalue weighted by molar-refractivity contribution is -0.562. The zero-order chi connectivity index (χ0) is 36.7. The van der Waals surface area contributed by atoms with E-state index in [9.17, 15) is 57.1 Å². The lowest BCUT2D eigenvalue weighted by Gasteiger charge is -2.37. The number of nitriles is 2. The number of hydrogen-bond acceptors (Lipinski definition) is 9. The van der Waals surface area contributed by atoms with E-state index < -0.39 is 98.8 Å². The van der Waals surface area contributed by atoms with E-state index in [1.807, 2.05) is 0 Å². The molecular formula is C30H18Cl2F6N4O5S2. The fraction of sp³-hybridized carbons (Fsp3) is 0.267. The van der Waals surface area contributed by atoms with Crippen LogP contribution in [0.3, 0.4) is 0 Å². The summed E-state index contributed by atoms with van der Waals surface area (Å²) in [7, 11) is 0. The number of halogens is 8. The smallest absolute Gasteiger partial charge is 0.416 e. The Labute approximate surface area is 291 Å². The zero-order valence-corrected chi connectivity index (χ0v) is 27.7. The Kier molecular flexibility index (Phi) is 10.5. The van der Waals surface area contributed by atoms with Crippen molar-refractivity contribution in [3.8, 4) is 12.1 Å². The molecule has 0 fully saturated rings. The number of benzene rings is 2. The van der Waals surface area contributed by atoms with Gasteiger partial charge in [0.05, 0.1) is 32.3 Å². The van der Waals surface area contributed by atoms with Crippen LogP contribution in [0, 0.1) is 42.9 Å². The fourth-order valence-corrected chi connectivity index (χ4v) is 8.79. The monoisotopic (exact) mass is 762 g/mol. The molecular weight excluding hydrogens is 745 g/mol. The van der Waals surface area contributed by atoms with E-state index in [0.29, 0.717) is 47.8 Å². The van der Waals surface area contributed by atoms with E-state index in [-0.39, 0.29) is 0 Å². The first kappa shape index (κ1) is 37.7. The minimum atomic E-state index is -5.07. The van der Waals surface area contributed by atoms with E-state index in [1.165, 1.54) is 12.5 Å². The quantitative estimate of drug-likeness (QED) is 0.147. The summed E-state index contributed by atoms with van der Waals surface area (Å²) in [5.74, 6) is -1.35. The molecule has 2 aliphatic rings. The van der Waals surface area contributed by atoms with Gasteiger partial charge in [0.25, 0.3) is 11.1 Å². The highest BCUT2D eigenvalue weighted by Crippen LogP contribution is 2.54. The Morgan fingerprint density at radius 3 is 1.33 bits per heavy atom. The van der Waals surface area contributed by atoms with Gasteiger partial charge < -0.3 is 4.74 Å². The number of thioether (sulfide) groups is 2. The minimum Gasteiger partial charge on any atom is -0.452 e. The Morgan fingerprint density at radius 2 is 1.06 bits per heavy atom. The minimum absolute atomic E-state index is 0.624. The predicted octanol–water partition coefficient (Wildman–Crippen LogP) is 8.68. The molecule has 0 heterocycles. The van der Waals surface area contributed by atoms with E-state index in [1.54, 1.807) is 12.1 Å². The summed E-state index contributed by atoms with van der Waals surface area (Å²) >= 11 is 14.5. The second kappa shape index (κ2) is 13.6. The number of ether oxygens (including phenoxy) is 1. The Balaban J connectivity index is 1.98. The van der Waals surface area contributed by atoms with E-state index >= 15 is 0 Å². The van der Waals surface area contributed by atoms with Crippen molar-refractivity contribution in [1.29, 1.82) is 10.5 Å². The maximum atomic E-state index is 14.1. The van der Waals surface area contributed by atoms with Crippen molar-refractivity contribution in [3.63, 3.8) is 0 Å². The van der Waals surface area contributed by atoms with Crippen LogP contribution in [0.4, 0.5) is 26.3 Å². The third-order valence-corrected chi connectivity index (χ3v) is 10.9. The second-order valence-corrected chi connectivity index (χ2v) is 13.0. The first-order valence-corrected chi connectivity index (χ1v) is 16.6. The molecule has 0 N–H and O–H groups in total. The summed E-state index contributed by atoms with van der Waals surface area (Å²) in [6.07, 6.45) is -6.29. The number of rotatable bonds is 8. The average Bonchev–Trinajstić information content (AvgIpc) is 3.04. The van der Waals surface area contributed by atoms with Crippen LogP contribution < -0.4 is 0 Å². The molecule has 0 amide bonds. The number of allylic oxidation sites excluding steroid dienone is 2. The molecule has 9 nitrogen and oxygen atoms in total. The largest absolute Gasteiger partial charge is 0.452 e. The standard InChI is InChI=1S/C30H18Cl2F6N4O5S2/c1-48-25-21(31)23(15(13-39)11-27(25,41(43)44)17-7-3-5-9-19(17)29(33,34)35)47-24-16(14-40)12-28(42(45)46,26(49-2)22(24)32)18-8-4-6-10-20(18)30(36,37)38/h3-12,25-26H,1-2H3. The summed E-state index contributed by atoms with van der Waals surface area (Å²) in [6, 6.07) is 10.5. The van der Waals surface area contributed by atoms with E-state index in [4.69, 9.17) is 27.9 Å². The summed E-state index contributed by atoms with van der Waals surface area (Å²) in [5.41, 5.74) is -11.5. The van der Waals surface area contributed by atoms with Crippen LogP contribution in [0.5, 0.6) is 0 Å². The first-order chi connectivity index (χ1) is 22.9. The van der Waals surface area contributed by atoms with Crippen LogP contribution in [-0.2, 0) is 28.2 Å². The third kappa shape index (κ3) is 6.14. The molecule has 2 aromatic rings. The molecule has 4 atom stereocenters. The molecule has 4 rings (SSSR count). The van der Waals surface area contributed by atoms with Crippen molar-refractivity contribution >= 4 is 46.7 Å². The topological polar surface area (TPSA) is 143 Å². The van der Waals surface area contributed by atoms with Gasteiger partial charge in [-0.15, -0.1) is 23.5 Å². The van der Waals surface area contributed by atoms with E-state index in [2.05, 4.69) is 0 Å². The Bertz CT molecular complexity index is 1820. The number of hydrogen-bond donors (Lipinski definition) is 0. The molecule has 49 heavy (non-hydrogen) atoms. The van der Waals surface area contributed by atoms with Crippen LogP contribution in [0.2, 0.25) is 0 Å². The second-order valence-electron chi connectivity index (χ2n) is 10.3. The van der Waals surface area contributed by atoms with Gasteiger partial charge in [-0.1, -0.05) is 59.6 Å². The Hall–Kier alpha value is -4.16. The fourth-order valence-electron chi connectivity index (χ4n) is 5.74. The van der Waals surface area contributed by atoms with Gasteiger partial charge in [-0.25, -0.2) is 0 Å². The molecule has 0 radical (unpaired) electrons. The molecule has 19 heteroatoms. The van der Waals surface area contributed by atoms with Crippen LogP contribution in [-0.4, -0.2) is 32.9 Å². The molecule has 0 aromatic heterocycles. The van der Waals surface area contributed by atoms with Crippen molar-refractivity contribution in [2.24, 2.45) is 0 Å². The molecule has 4 unspecified atom stereocenters. The predicted molar refractivity (Wildman–Crippen MR) is 169 cm³/mol. The van der Waals surface area contributed by atoms with Crippen molar-refractivity contribution in [3.05, 3.63) is 136 Å². The number of nitrogens with zero attached hydrogens (tertiary/aromatic N) is 4. The maximum absolute atomic E-state index is 14.1. The zero-order valence-electron chi connectivity index (χ0n) is 24.6. The van der Waals surface area contributed by atoms with Crippen molar-refractivity contribution < 1.29 is 40.9 Å². The van der Waals surface area contributed by atoms with Gasteiger partial charge in [-0.3, -0.25) is 20.2 Å². The normalized spacial score (nSPS) is 24.4. The van der Waals surface area contributed by atoms with Gasteiger partial charge in [-0.2, -0.15) is 36.9 Å². The van der Waals surface area contributed by atoms with E-state index in [0.717, 1.165) is 36.4 Å². The van der Waals surface area contributed by atoms with Gasteiger partial charge in [-0.05, 0) is 24.6 Å². The van der Waals surface area contributed by atoms with Gasteiger partial charge >= 0.3 is 12.4 Å². The van der Waals surface area contributed by atoms with Crippen LogP contribution in [0.1, 0.15) is 22.3 Å². The highest BCUT2D eigenvalue weighted by molar-refractivity contribution is 7.99. The SMILES string of the molecule is CSC1C(Cl)=C(OC2=C(Cl)C(SC)C(c3ccccc3C(F)(F)F)([N+](=O)[O-])C=C2C#N)C(C#N)=CC1(c1ccccc1C(F)(F)F)[N+](=O)[O-]. The molecule has 0 aliphatic heterocycles. The lowest BCUT2D eigenvalue weighted by Crippen LogP contribution is -2.48. The van der Waals surface area contributed by atoms with Gasteiger partial charge in [0, 0.05) is 33.1 Å². The molecule has 0 saturated heterocycles. The van der Waals surface area contributed by atoms with Crippen molar-refractivity contribution in [2.45, 2.75) is 33.9 Å². The molecule has 2 aliphatic carbocycles. The van der Waals surface area contributed by atoms with Gasteiger partial charge in [0.15, 0.2) is 11.5 Å². The molecule has 2 aromatic carbocycles. The van der Waals surface area contributed by atoms with Gasteiger partial charge in [0.1, 0.15) is 22.6 Å². The van der Waals surface area contributed by atoms with Crippen LogP contribution >= 0.6 is 46.7 Å². The van der Waals surface area contributed by atoms with Crippen LogP contribution in [0.15, 0.2) is 93.4 Å². The van der Waals surface area contributed by atoms with Gasteiger partial charge in [0.2, 0.25) is 0 Å². The van der Waals surface area contributed by atoms with Crippen molar-refractivity contribution in [2.75, 3.05) is 12.5 Å². The highest BCUT2D eigenvalue weighted by atomic mass is 35.5. The number of nitro groups is 2. The first-order valence-electron chi connectivity index (χ1n) is 13.3.